The van der Waals surface area contributed by atoms with Crippen LogP contribution in [0.25, 0.3) is 0 Å². The molecule has 0 fully saturated rings. The number of amides is 1. The summed E-state index contributed by atoms with van der Waals surface area (Å²) in [6.45, 7) is 4.40. The van der Waals surface area contributed by atoms with Crippen molar-refractivity contribution in [2.45, 2.75) is 25.1 Å². The number of nitrogens with two attached hydrogens (primary N) is 1. The number of halogens is 3. The molecule has 2 heterocycles. The third-order valence-corrected chi connectivity index (χ3v) is 5.98. The van der Waals surface area contributed by atoms with E-state index in [0.29, 0.717) is 29.4 Å². The summed E-state index contributed by atoms with van der Waals surface area (Å²) in [6.07, 6.45) is 0.439. The molecule has 1 amide bonds. The third-order valence-electron chi connectivity index (χ3n) is 4.32. The Bertz CT molecular complexity index is 973. The molecule has 2 aromatic rings. The van der Waals surface area contributed by atoms with Gasteiger partial charge in [0.1, 0.15) is 27.3 Å². The van der Waals surface area contributed by atoms with E-state index in [-0.39, 0.29) is 16.5 Å². The van der Waals surface area contributed by atoms with E-state index in [1.54, 1.807) is 18.2 Å². The van der Waals surface area contributed by atoms with Crippen molar-refractivity contribution < 1.29 is 18.3 Å². The van der Waals surface area contributed by atoms with E-state index in [2.05, 4.69) is 5.10 Å². The van der Waals surface area contributed by atoms with Gasteiger partial charge in [0, 0.05) is 29.5 Å². The lowest BCUT2D eigenvalue weighted by Gasteiger charge is -2.39. The van der Waals surface area contributed by atoms with Gasteiger partial charge in [0.05, 0.1) is 6.61 Å². The molecule has 2 aromatic carbocycles. The largest absolute Gasteiger partial charge is 0.493 e. The lowest BCUT2D eigenvalue weighted by atomic mass is 9.99. The van der Waals surface area contributed by atoms with Gasteiger partial charge in [0.2, 0.25) is 5.91 Å². The molecule has 0 aliphatic carbocycles. The standard InChI is InChI=1S/C18H13ClF2N2O2S.C2H7N/c1-10(24)23-18(6-7-25-16-5-2-11(19)8-14(16)18)26-17(22-23)13-9-12(20)3-4-15(13)21;1-2-3/h2-5,8-9H,6-7H2,1H3;2-3H2,1H3. The van der Waals surface area contributed by atoms with Crippen LogP contribution in [0.15, 0.2) is 41.5 Å². The number of hydrogen-bond donors (Lipinski definition) is 1. The highest BCUT2D eigenvalue weighted by Gasteiger charge is 2.51. The highest BCUT2D eigenvalue weighted by molar-refractivity contribution is 8.15. The van der Waals surface area contributed by atoms with E-state index in [4.69, 9.17) is 22.1 Å². The van der Waals surface area contributed by atoms with E-state index < -0.39 is 16.5 Å². The lowest BCUT2D eigenvalue weighted by Crippen LogP contribution is -2.43. The Morgan fingerprint density at radius 2 is 2.07 bits per heavy atom. The monoisotopic (exact) mass is 439 g/mol. The summed E-state index contributed by atoms with van der Waals surface area (Å²) in [5, 5.41) is 6.37. The molecule has 0 bridgehead atoms. The van der Waals surface area contributed by atoms with Crippen LogP contribution in [-0.2, 0) is 9.67 Å². The van der Waals surface area contributed by atoms with Gasteiger partial charge < -0.3 is 10.5 Å². The van der Waals surface area contributed by atoms with Crippen molar-refractivity contribution in [1.29, 1.82) is 0 Å². The van der Waals surface area contributed by atoms with Gasteiger partial charge in [-0.25, -0.2) is 13.8 Å². The van der Waals surface area contributed by atoms with Crippen molar-refractivity contribution in [1.82, 2.24) is 5.01 Å². The fourth-order valence-corrected chi connectivity index (χ4v) is 4.78. The normalized spacial score (nSPS) is 19.8. The molecule has 154 valence electrons. The van der Waals surface area contributed by atoms with E-state index in [1.165, 1.54) is 23.7 Å². The number of carbonyl (C=O) groups is 1. The van der Waals surface area contributed by atoms with Gasteiger partial charge in [0.15, 0.2) is 0 Å². The Morgan fingerprint density at radius 3 is 2.76 bits per heavy atom. The predicted octanol–water partition coefficient (Wildman–Crippen LogP) is 4.48. The molecule has 29 heavy (non-hydrogen) atoms. The number of thioether (sulfide) groups is 1. The SMILES string of the molecule is CC(=O)N1N=C(c2cc(F)ccc2F)SC12CCOc1ccc(Cl)cc12.CCN. The quantitative estimate of drug-likeness (QED) is 0.711. The second kappa shape index (κ2) is 8.69. The molecule has 0 aromatic heterocycles. The van der Waals surface area contributed by atoms with Crippen LogP contribution in [-0.4, -0.2) is 29.1 Å². The van der Waals surface area contributed by atoms with Crippen LogP contribution in [0.3, 0.4) is 0 Å². The van der Waals surface area contributed by atoms with Gasteiger partial charge in [-0.05, 0) is 42.9 Å². The summed E-state index contributed by atoms with van der Waals surface area (Å²) in [5.41, 5.74) is 5.56. The number of nitrogens with zero attached hydrogens (tertiary/aromatic N) is 2. The minimum absolute atomic E-state index is 0.0215. The second-order valence-electron chi connectivity index (χ2n) is 6.39. The van der Waals surface area contributed by atoms with Crippen molar-refractivity contribution in [3.8, 4) is 5.75 Å². The predicted molar refractivity (Wildman–Crippen MR) is 111 cm³/mol. The molecule has 9 heteroatoms. The molecule has 2 aliphatic heterocycles. The van der Waals surface area contributed by atoms with Crippen LogP contribution in [0.4, 0.5) is 8.78 Å². The fourth-order valence-electron chi connectivity index (χ4n) is 3.18. The van der Waals surface area contributed by atoms with Crippen molar-refractivity contribution in [2.75, 3.05) is 13.2 Å². The van der Waals surface area contributed by atoms with Gasteiger partial charge in [0.25, 0.3) is 0 Å². The average Bonchev–Trinajstić information content (AvgIpc) is 3.05. The minimum Gasteiger partial charge on any atom is -0.493 e. The Hall–Kier alpha value is -2.16. The van der Waals surface area contributed by atoms with Crippen LogP contribution in [0.1, 0.15) is 31.4 Å². The summed E-state index contributed by atoms with van der Waals surface area (Å²) in [5.74, 6) is -0.889. The van der Waals surface area contributed by atoms with Crippen LogP contribution in [0, 0.1) is 11.6 Å². The molecule has 1 unspecified atom stereocenters. The minimum atomic E-state index is -0.904. The molecule has 0 radical (unpaired) electrons. The van der Waals surface area contributed by atoms with Gasteiger partial charge >= 0.3 is 0 Å². The molecule has 2 N–H and O–H groups in total. The van der Waals surface area contributed by atoms with Crippen LogP contribution >= 0.6 is 23.4 Å². The van der Waals surface area contributed by atoms with E-state index in [1.807, 2.05) is 6.92 Å². The molecule has 2 aliphatic rings. The number of hydrogen-bond acceptors (Lipinski definition) is 5. The molecule has 4 rings (SSSR count). The lowest BCUT2D eigenvalue weighted by molar-refractivity contribution is -0.132. The van der Waals surface area contributed by atoms with Crippen molar-refractivity contribution in [3.63, 3.8) is 0 Å². The number of ether oxygens (including phenoxy) is 1. The number of benzene rings is 2. The topological polar surface area (TPSA) is 67.9 Å². The zero-order valence-electron chi connectivity index (χ0n) is 15.9. The van der Waals surface area contributed by atoms with Crippen molar-refractivity contribution >= 4 is 34.3 Å². The highest BCUT2D eigenvalue weighted by Crippen LogP contribution is 2.54. The third kappa shape index (κ3) is 4.10. The first-order valence-corrected chi connectivity index (χ1v) is 10.2. The number of rotatable bonds is 1. The van der Waals surface area contributed by atoms with Crippen LogP contribution in [0.2, 0.25) is 5.02 Å². The Balaban J connectivity index is 0.000000755. The molecular formula is C20H20ClF2N3O2S. The van der Waals surface area contributed by atoms with Crippen molar-refractivity contribution in [3.05, 3.63) is 64.2 Å². The summed E-state index contributed by atoms with van der Waals surface area (Å²) in [6, 6.07) is 8.33. The van der Waals surface area contributed by atoms with Crippen LogP contribution < -0.4 is 10.5 Å². The zero-order valence-corrected chi connectivity index (χ0v) is 17.5. The summed E-state index contributed by atoms with van der Waals surface area (Å²) in [7, 11) is 0. The Labute approximate surface area is 176 Å². The van der Waals surface area contributed by atoms with E-state index in [0.717, 1.165) is 24.7 Å². The number of carbonyl (C=O) groups excluding carboxylic acids is 1. The fraction of sp³-hybridized carbons (Fsp3) is 0.300. The van der Waals surface area contributed by atoms with E-state index >= 15 is 0 Å². The summed E-state index contributed by atoms with van der Waals surface area (Å²) in [4.78, 5) is 11.4. The molecular weight excluding hydrogens is 420 g/mol. The molecule has 0 saturated carbocycles. The van der Waals surface area contributed by atoms with Gasteiger partial charge in [-0.3, -0.25) is 4.79 Å². The molecule has 1 spiro atoms. The van der Waals surface area contributed by atoms with Crippen LogP contribution in [0.5, 0.6) is 5.75 Å². The second-order valence-corrected chi connectivity index (χ2v) is 8.10. The van der Waals surface area contributed by atoms with Gasteiger partial charge in [-0.15, -0.1) is 0 Å². The first-order valence-electron chi connectivity index (χ1n) is 8.99. The zero-order chi connectivity index (χ0) is 21.2. The average molecular weight is 440 g/mol. The maximum absolute atomic E-state index is 14.3. The molecule has 1 atom stereocenters. The maximum Gasteiger partial charge on any atom is 0.241 e. The van der Waals surface area contributed by atoms with Gasteiger partial charge in [-0.2, -0.15) is 5.10 Å². The Morgan fingerprint density at radius 1 is 1.34 bits per heavy atom. The summed E-state index contributed by atoms with van der Waals surface area (Å²) >= 11 is 7.36. The molecule has 5 nitrogen and oxygen atoms in total. The Kier molecular flexibility index (Phi) is 6.45. The summed E-state index contributed by atoms with van der Waals surface area (Å²) < 4.78 is 33.6. The van der Waals surface area contributed by atoms with Gasteiger partial charge in [-0.1, -0.05) is 30.3 Å². The number of fused-ring (bicyclic) bond motifs is 2. The van der Waals surface area contributed by atoms with E-state index in [9.17, 15) is 13.6 Å². The number of hydrazone groups is 1. The van der Waals surface area contributed by atoms with Crippen molar-refractivity contribution in [2.24, 2.45) is 10.8 Å². The first kappa shape index (κ1) is 21.5. The first-order chi connectivity index (χ1) is 13.8. The smallest absolute Gasteiger partial charge is 0.241 e. The highest BCUT2D eigenvalue weighted by atomic mass is 35.5. The maximum atomic E-state index is 14.3. The molecule has 0 saturated heterocycles.